The van der Waals surface area contributed by atoms with Gasteiger partial charge in [0, 0.05) is 6.54 Å². The number of nitrogens with zero attached hydrogens (tertiary/aromatic N) is 1. The van der Waals surface area contributed by atoms with E-state index in [4.69, 9.17) is 0 Å². The molecule has 0 spiro atoms. The SMILES string of the molecule is CCC1C=CN(P)CC1. The molecule has 0 N–H and O–H groups in total. The molecule has 0 aromatic carbocycles. The summed E-state index contributed by atoms with van der Waals surface area (Å²) in [7, 11) is 2.69. The first-order valence-corrected chi connectivity index (χ1v) is 4.04. The molecule has 2 unspecified atom stereocenters. The summed E-state index contributed by atoms with van der Waals surface area (Å²) in [6, 6.07) is 0. The second-order valence-corrected chi connectivity index (χ2v) is 3.20. The van der Waals surface area contributed by atoms with Crippen molar-refractivity contribution in [1.82, 2.24) is 4.67 Å². The van der Waals surface area contributed by atoms with Crippen LogP contribution >= 0.6 is 9.39 Å². The maximum Gasteiger partial charge on any atom is 0.0211 e. The van der Waals surface area contributed by atoms with Crippen LogP contribution in [0.1, 0.15) is 19.8 Å². The zero-order valence-electron chi connectivity index (χ0n) is 5.88. The summed E-state index contributed by atoms with van der Waals surface area (Å²) >= 11 is 0. The lowest BCUT2D eigenvalue weighted by Crippen LogP contribution is -2.14. The summed E-state index contributed by atoms with van der Waals surface area (Å²) in [4.78, 5) is 0. The van der Waals surface area contributed by atoms with Gasteiger partial charge in [0.15, 0.2) is 0 Å². The summed E-state index contributed by atoms with van der Waals surface area (Å²) in [6.45, 7) is 3.44. The van der Waals surface area contributed by atoms with Gasteiger partial charge in [-0.15, -0.1) is 0 Å². The molecule has 9 heavy (non-hydrogen) atoms. The van der Waals surface area contributed by atoms with Crippen molar-refractivity contribution in [2.75, 3.05) is 6.54 Å². The van der Waals surface area contributed by atoms with Crippen molar-refractivity contribution in [3.8, 4) is 0 Å². The molecule has 0 amide bonds. The molecule has 1 aliphatic heterocycles. The van der Waals surface area contributed by atoms with Crippen LogP contribution in [-0.2, 0) is 0 Å². The van der Waals surface area contributed by atoms with Crippen LogP contribution in [0.15, 0.2) is 12.3 Å². The average Bonchev–Trinajstić information content (AvgIpc) is 1.90. The summed E-state index contributed by atoms with van der Waals surface area (Å²) in [6.07, 6.45) is 7.05. The average molecular weight is 143 g/mol. The van der Waals surface area contributed by atoms with Crippen LogP contribution in [-0.4, -0.2) is 11.2 Å². The Labute approximate surface area is 59.4 Å². The predicted molar refractivity (Wildman–Crippen MR) is 44.0 cm³/mol. The zero-order valence-corrected chi connectivity index (χ0v) is 7.03. The molecule has 0 fully saturated rings. The largest absolute Gasteiger partial charge is 0.362 e. The first kappa shape index (κ1) is 7.08. The van der Waals surface area contributed by atoms with Gasteiger partial charge in [-0.2, -0.15) is 0 Å². The van der Waals surface area contributed by atoms with E-state index in [0.29, 0.717) is 0 Å². The molecule has 1 aliphatic rings. The van der Waals surface area contributed by atoms with Crippen molar-refractivity contribution < 1.29 is 0 Å². The summed E-state index contributed by atoms with van der Waals surface area (Å²) in [5.41, 5.74) is 0. The van der Waals surface area contributed by atoms with Gasteiger partial charge in [0.2, 0.25) is 0 Å². The van der Waals surface area contributed by atoms with Gasteiger partial charge in [-0.3, -0.25) is 0 Å². The van der Waals surface area contributed by atoms with E-state index in [1.807, 2.05) is 0 Å². The van der Waals surface area contributed by atoms with Gasteiger partial charge in [0.05, 0.1) is 0 Å². The van der Waals surface area contributed by atoms with E-state index in [-0.39, 0.29) is 0 Å². The lowest BCUT2D eigenvalue weighted by Gasteiger charge is -2.22. The number of rotatable bonds is 1. The molecular formula is C7H14NP. The Morgan fingerprint density at radius 3 is 3.00 bits per heavy atom. The Morgan fingerprint density at radius 1 is 1.78 bits per heavy atom. The zero-order chi connectivity index (χ0) is 6.69. The van der Waals surface area contributed by atoms with E-state index in [1.165, 1.54) is 19.4 Å². The molecule has 2 heteroatoms. The molecule has 0 aliphatic carbocycles. The van der Waals surface area contributed by atoms with Gasteiger partial charge in [-0.25, -0.2) is 0 Å². The number of allylic oxidation sites excluding steroid dienone is 1. The molecular weight excluding hydrogens is 129 g/mol. The molecule has 0 aromatic rings. The molecule has 1 nitrogen and oxygen atoms in total. The van der Waals surface area contributed by atoms with Crippen LogP contribution in [0.2, 0.25) is 0 Å². The Kier molecular flexibility index (Phi) is 2.53. The van der Waals surface area contributed by atoms with E-state index in [0.717, 1.165) is 5.92 Å². The van der Waals surface area contributed by atoms with Crippen molar-refractivity contribution in [3.05, 3.63) is 12.3 Å². The highest BCUT2D eigenvalue weighted by atomic mass is 31.0. The van der Waals surface area contributed by atoms with Gasteiger partial charge < -0.3 is 4.67 Å². The maximum absolute atomic E-state index is 2.69. The fourth-order valence-electron chi connectivity index (χ4n) is 1.06. The van der Waals surface area contributed by atoms with E-state index in [1.54, 1.807) is 0 Å². The van der Waals surface area contributed by atoms with E-state index in [9.17, 15) is 0 Å². The third-order valence-corrected chi connectivity index (χ3v) is 2.26. The second kappa shape index (κ2) is 3.22. The lowest BCUT2D eigenvalue weighted by atomic mass is 10.0. The van der Waals surface area contributed by atoms with E-state index >= 15 is 0 Å². The van der Waals surface area contributed by atoms with Crippen molar-refractivity contribution in [1.29, 1.82) is 0 Å². The summed E-state index contributed by atoms with van der Waals surface area (Å²) < 4.78 is 2.16. The van der Waals surface area contributed by atoms with E-state index in [2.05, 4.69) is 33.3 Å². The first-order chi connectivity index (χ1) is 4.33. The highest BCUT2D eigenvalue weighted by Crippen LogP contribution is 2.18. The monoisotopic (exact) mass is 143 g/mol. The minimum atomic E-state index is 0.835. The second-order valence-electron chi connectivity index (χ2n) is 2.54. The molecule has 1 rings (SSSR count). The molecule has 0 aromatic heterocycles. The number of hydrogen-bond donors (Lipinski definition) is 0. The fraction of sp³-hybridized carbons (Fsp3) is 0.714. The van der Waals surface area contributed by atoms with Crippen LogP contribution in [0.25, 0.3) is 0 Å². The molecule has 0 saturated carbocycles. The Hall–Kier alpha value is -0.0300. The van der Waals surface area contributed by atoms with Crippen molar-refractivity contribution in [3.63, 3.8) is 0 Å². The molecule has 0 bridgehead atoms. The highest BCUT2D eigenvalue weighted by molar-refractivity contribution is 7.13. The van der Waals surface area contributed by atoms with E-state index < -0.39 is 0 Å². The minimum absolute atomic E-state index is 0.835. The standard InChI is InChI=1S/C7H14NP/c1-2-7-3-5-8(9)6-4-7/h3,5,7H,2,4,6,9H2,1H3. The van der Waals surface area contributed by atoms with Gasteiger partial charge in [0.25, 0.3) is 0 Å². The van der Waals surface area contributed by atoms with Crippen molar-refractivity contribution >= 4 is 9.39 Å². The fourth-order valence-corrected chi connectivity index (χ4v) is 1.31. The highest BCUT2D eigenvalue weighted by Gasteiger charge is 2.07. The van der Waals surface area contributed by atoms with Gasteiger partial charge >= 0.3 is 0 Å². The van der Waals surface area contributed by atoms with Crippen molar-refractivity contribution in [2.45, 2.75) is 19.8 Å². The molecule has 2 atom stereocenters. The predicted octanol–water partition coefficient (Wildman–Crippen LogP) is 2.02. The third kappa shape index (κ3) is 1.98. The summed E-state index contributed by atoms with van der Waals surface area (Å²) in [5, 5.41) is 0. The van der Waals surface area contributed by atoms with Gasteiger partial charge in [-0.05, 0) is 34.4 Å². The smallest absolute Gasteiger partial charge is 0.0211 e. The van der Waals surface area contributed by atoms with Crippen LogP contribution in [0, 0.1) is 5.92 Å². The van der Waals surface area contributed by atoms with Crippen LogP contribution in [0.4, 0.5) is 0 Å². The molecule has 0 saturated heterocycles. The van der Waals surface area contributed by atoms with Crippen molar-refractivity contribution in [2.24, 2.45) is 5.92 Å². The lowest BCUT2D eigenvalue weighted by molar-refractivity contribution is 0.457. The van der Waals surface area contributed by atoms with Gasteiger partial charge in [0.1, 0.15) is 0 Å². The Morgan fingerprint density at radius 2 is 2.56 bits per heavy atom. The van der Waals surface area contributed by atoms with Crippen LogP contribution in [0.3, 0.4) is 0 Å². The first-order valence-electron chi connectivity index (χ1n) is 3.52. The third-order valence-electron chi connectivity index (χ3n) is 1.83. The van der Waals surface area contributed by atoms with Gasteiger partial charge in [-0.1, -0.05) is 13.0 Å². The molecule has 0 radical (unpaired) electrons. The summed E-state index contributed by atoms with van der Waals surface area (Å²) in [5.74, 6) is 0.835. The normalized spacial score (nSPS) is 26.9. The van der Waals surface area contributed by atoms with Crippen LogP contribution < -0.4 is 0 Å². The topological polar surface area (TPSA) is 3.24 Å². The Bertz CT molecular complexity index is 111. The maximum atomic E-state index is 2.69. The quantitative estimate of drug-likeness (QED) is 0.507. The molecule has 52 valence electrons. The minimum Gasteiger partial charge on any atom is -0.362 e. The molecule has 1 heterocycles. The van der Waals surface area contributed by atoms with Crippen LogP contribution in [0.5, 0.6) is 0 Å². The number of hydrogen-bond acceptors (Lipinski definition) is 1. The Balaban J connectivity index is 2.38.